The molecule has 1 unspecified atom stereocenters. The van der Waals surface area contributed by atoms with Crippen molar-refractivity contribution in [3.63, 3.8) is 0 Å². The number of aromatic nitrogens is 1. The number of carbonyl (C=O) groups excluding carboxylic acids is 1. The molecule has 0 radical (unpaired) electrons. The van der Waals surface area contributed by atoms with Crippen molar-refractivity contribution in [1.82, 2.24) is 9.47 Å². The zero-order chi connectivity index (χ0) is 19.3. The van der Waals surface area contributed by atoms with Gasteiger partial charge >= 0.3 is 13.2 Å². The van der Waals surface area contributed by atoms with Gasteiger partial charge in [-0.1, -0.05) is 0 Å². The molecule has 0 bridgehead atoms. The highest BCUT2D eigenvalue weighted by Crippen LogP contribution is 2.36. The largest absolute Gasteiger partial charge is 0.496 e. The van der Waals surface area contributed by atoms with Crippen molar-refractivity contribution in [3.8, 4) is 0 Å². The van der Waals surface area contributed by atoms with E-state index in [9.17, 15) is 4.79 Å². The highest BCUT2D eigenvalue weighted by atomic mass is 16.7. The molecule has 0 N–H and O–H groups in total. The Labute approximate surface area is 156 Å². The van der Waals surface area contributed by atoms with Crippen molar-refractivity contribution in [1.29, 1.82) is 0 Å². The molecule has 1 amide bonds. The van der Waals surface area contributed by atoms with Gasteiger partial charge in [-0.15, -0.1) is 0 Å². The minimum atomic E-state index is -0.466. The molecule has 1 aromatic heterocycles. The van der Waals surface area contributed by atoms with Crippen molar-refractivity contribution in [2.45, 2.75) is 77.7 Å². The van der Waals surface area contributed by atoms with Crippen LogP contribution >= 0.6 is 0 Å². The first-order valence-corrected chi connectivity index (χ1v) is 9.39. The minimum Gasteiger partial charge on any atom is -0.444 e. The summed E-state index contributed by atoms with van der Waals surface area (Å²) in [6.07, 6.45) is 4.80. The van der Waals surface area contributed by atoms with Gasteiger partial charge in [-0.3, -0.25) is 0 Å². The molecular formula is C19H31BN2O4. The number of carbonyl (C=O) groups is 1. The quantitative estimate of drug-likeness (QED) is 0.759. The maximum atomic E-state index is 12.2. The van der Waals surface area contributed by atoms with Gasteiger partial charge in [-0.25, -0.2) is 4.79 Å². The average molecular weight is 362 g/mol. The zero-order valence-electron chi connectivity index (χ0n) is 17.0. The van der Waals surface area contributed by atoms with Crippen LogP contribution in [-0.2, 0) is 14.0 Å². The predicted octanol–water partition coefficient (Wildman–Crippen LogP) is 2.97. The summed E-state index contributed by atoms with van der Waals surface area (Å²) in [4.78, 5) is 14.0. The molecule has 0 spiro atoms. The first kappa shape index (κ1) is 19.3. The minimum absolute atomic E-state index is 0.238. The number of likely N-dealkylation sites (tertiary alicyclic amines) is 1. The molecule has 7 heteroatoms. The maximum absolute atomic E-state index is 12.2. The Morgan fingerprint density at radius 2 is 1.85 bits per heavy atom. The molecule has 1 aromatic rings. The van der Waals surface area contributed by atoms with Crippen LogP contribution in [0.5, 0.6) is 0 Å². The molecule has 3 rings (SSSR count). The van der Waals surface area contributed by atoms with Crippen molar-refractivity contribution >= 4 is 18.7 Å². The van der Waals surface area contributed by atoms with Gasteiger partial charge in [0, 0.05) is 30.9 Å². The second kappa shape index (κ2) is 6.31. The first-order valence-electron chi connectivity index (χ1n) is 9.39. The molecule has 2 fully saturated rings. The van der Waals surface area contributed by atoms with Gasteiger partial charge in [0.05, 0.1) is 17.2 Å². The van der Waals surface area contributed by atoms with E-state index in [0.717, 1.165) is 11.9 Å². The Hall–Kier alpha value is -1.47. The van der Waals surface area contributed by atoms with Crippen LogP contribution in [0.2, 0.25) is 0 Å². The lowest BCUT2D eigenvalue weighted by Gasteiger charge is -2.32. The molecule has 144 valence electrons. The van der Waals surface area contributed by atoms with Gasteiger partial charge in [-0.2, -0.15) is 0 Å². The maximum Gasteiger partial charge on any atom is 0.496 e. The summed E-state index contributed by atoms with van der Waals surface area (Å²) in [5.74, 6) is 0. The van der Waals surface area contributed by atoms with Crippen molar-refractivity contribution < 1.29 is 18.8 Å². The molecule has 2 saturated heterocycles. The van der Waals surface area contributed by atoms with E-state index in [2.05, 4.69) is 38.5 Å². The summed E-state index contributed by atoms with van der Waals surface area (Å²) in [6.45, 7) is 15.3. The van der Waals surface area contributed by atoms with E-state index in [1.807, 2.05) is 33.0 Å². The molecule has 2 aliphatic rings. The van der Waals surface area contributed by atoms with Gasteiger partial charge < -0.3 is 23.5 Å². The lowest BCUT2D eigenvalue weighted by Crippen LogP contribution is -2.41. The SMILES string of the molecule is CC(C)(C)OC(=O)N1CCC(n2ccc(B3OC(C)(C)C(C)(C)O3)c2)C1. The summed E-state index contributed by atoms with van der Waals surface area (Å²) < 4.78 is 19.9. The Balaban J connectivity index is 1.64. The third kappa shape index (κ3) is 3.79. The second-order valence-electron chi connectivity index (χ2n) is 9.35. The van der Waals surface area contributed by atoms with Crippen LogP contribution in [0.3, 0.4) is 0 Å². The third-order valence-electron chi connectivity index (χ3n) is 5.50. The molecule has 3 heterocycles. The summed E-state index contributed by atoms with van der Waals surface area (Å²) in [5, 5.41) is 0. The molecule has 0 aromatic carbocycles. The van der Waals surface area contributed by atoms with Crippen LogP contribution in [0, 0.1) is 0 Å². The standard InChI is InChI=1S/C19H31BN2O4/c1-17(2,3)24-16(23)22-11-9-15(13-22)21-10-8-14(12-21)20-25-18(4,5)19(6,7)26-20/h8,10,12,15H,9,11,13H2,1-7H3. The Kier molecular flexibility index (Phi) is 4.68. The fourth-order valence-corrected chi connectivity index (χ4v) is 3.25. The monoisotopic (exact) mass is 362 g/mol. The number of rotatable bonds is 2. The van der Waals surface area contributed by atoms with E-state index in [0.29, 0.717) is 13.1 Å². The van der Waals surface area contributed by atoms with E-state index in [1.165, 1.54) is 0 Å². The topological polar surface area (TPSA) is 52.9 Å². The molecule has 1 atom stereocenters. The highest BCUT2D eigenvalue weighted by molar-refractivity contribution is 6.62. The van der Waals surface area contributed by atoms with Crippen molar-refractivity contribution in [2.75, 3.05) is 13.1 Å². The molecular weight excluding hydrogens is 331 g/mol. The fraction of sp³-hybridized carbons (Fsp3) is 0.737. The van der Waals surface area contributed by atoms with E-state index in [-0.39, 0.29) is 30.5 Å². The van der Waals surface area contributed by atoms with Gasteiger partial charge in [0.25, 0.3) is 0 Å². The second-order valence-corrected chi connectivity index (χ2v) is 9.35. The van der Waals surface area contributed by atoms with Crippen LogP contribution in [0.15, 0.2) is 18.5 Å². The van der Waals surface area contributed by atoms with Gasteiger partial charge in [-0.05, 0) is 61.0 Å². The molecule has 0 aliphatic carbocycles. The molecule has 26 heavy (non-hydrogen) atoms. The number of hydrogen-bond donors (Lipinski definition) is 0. The van der Waals surface area contributed by atoms with Crippen LogP contribution in [0.25, 0.3) is 0 Å². The number of ether oxygens (including phenoxy) is 1. The normalized spacial score (nSPS) is 25.0. The molecule has 6 nitrogen and oxygen atoms in total. The van der Waals surface area contributed by atoms with E-state index in [4.69, 9.17) is 14.0 Å². The predicted molar refractivity (Wildman–Crippen MR) is 102 cm³/mol. The number of hydrogen-bond acceptors (Lipinski definition) is 4. The highest BCUT2D eigenvalue weighted by Gasteiger charge is 2.52. The van der Waals surface area contributed by atoms with Crippen LogP contribution < -0.4 is 5.46 Å². The third-order valence-corrected chi connectivity index (χ3v) is 5.50. The van der Waals surface area contributed by atoms with Crippen LogP contribution in [0.4, 0.5) is 4.79 Å². The van der Waals surface area contributed by atoms with Crippen molar-refractivity contribution in [3.05, 3.63) is 18.5 Å². The molecule has 0 saturated carbocycles. The fourth-order valence-electron chi connectivity index (χ4n) is 3.25. The zero-order valence-corrected chi connectivity index (χ0v) is 17.0. The lowest BCUT2D eigenvalue weighted by atomic mass is 9.81. The lowest BCUT2D eigenvalue weighted by molar-refractivity contribution is 0.00578. The summed E-state index contributed by atoms with van der Waals surface area (Å²) in [7, 11) is -0.357. The summed E-state index contributed by atoms with van der Waals surface area (Å²) in [5.41, 5.74) is -0.146. The Morgan fingerprint density at radius 3 is 2.42 bits per heavy atom. The van der Waals surface area contributed by atoms with Gasteiger partial charge in [0.1, 0.15) is 5.60 Å². The van der Waals surface area contributed by atoms with E-state index < -0.39 is 5.60 Å². The Morgan fingerprint density at radius 1 is 1.23 bits per heavy atom. The van der Waals surface area contributed by atoms with Gasteiger partial charge in [0.2, 0.25) is 0 Å². The van der Waals surface area contributed by atoms with E-state index >= 15 is 0 Å². The van der Waals surface area contributed by atoms with Crippen LogP contribution in [-0.4, -0.2) is 52.6 Å². The number of nitrogens with zero attached hydrogens (tertiary/aromatic N) is 2. The molecule has 2 aliphatic heterocycles. The summed E-state index contributed by atoms with van der Waals surface area (Å²) in [6, 6.07) is 2.29. The number of amides is 1. The van der Waals surface area contributed by atoms with Gasteiger partial charge in [0.15, 0.2) is 0 Å². The Bertz CT molecular complexity index is 661. The smallest absolute Gasteiger partial charge is 0.444 e. The van der Waals surface area contributed by atoms with Crippen molar-refractivity contribution in [2.24, 2.45) is 0 Å². The van der Waals surface area contributed by atoms with Crippen LogP contribution in [0.1, 0.15) is 60.9 Å². The first-order chi connectivity index (χ1) is 11.9. The summed E-state index contributed by atoms with van der Waals surface area (Å²) >= 11 is 0. The average Bonchev–Trinajstić information content (AvgIpc) is 3.16. The van der Waals surface area contributed by atoms with E-state index in [1.54, 1.807) is 4.90 Å².